The predicted molar refractivity (Wildman–Crippen MR) is 90.1 cm³/mol. The molecule has 0 saturated carbocycles. The second-order valence-corrected chi connectivity index (χ2v) is 5.22. The molecule has 0 aliphatic heterocycles. The first-order valence-corrected chi connectivity index (χ1v) is 7.97. The van der Waals surface area contributed by atoms with Crippen molar-refractivity contribution in [3.05, 3.63) is 29.3 Å². The summed E-state index contributed by atoms with van der Waals surface area (Å²) in [6.45, 7) is 13.1. The molecule has 1 rings (SSSR count). The molecule has 0 unspecified atom stereocenters. The van der Waals surface area contributed by atoms with Crippen LogP contribution in [0.4, 0.5) is 5.69 Å². The molecule has 21 heavy (non-hydrogen) atoms. The molecule has 0 aliphatic rings. The van der Waals surface area contributed by atoms with Crippen molar-refractivity contribution in [1.82, 2.24) is 10.2 Å². The van der Waals surface area contributed by atoms with Crippen molar-refractivity contribution in [1.29, 1.82) is 0 Å². The van der Waals surface area contributed by atoms with Crippen molar-refractivity contribution in [2.45, 2.75) is 34.1 Å². The summed E-state index contributed by atoms with van der Waals surface area (Å²) in [6, 6.07) is 5.90. The highest BCUT2D eigenvalue weighted by Crippen LogP contribution is 2.17. The van der Waals surface area contributed by atoms with Crippen molar-refractivity contribution >= 4 is 11.6 Å². The molecule has 1 amide bonds. The summed E-state index contributed by atoms with van der Waals surface area (Å²) < 4.78 is 0. The third-order valence-electron chi connectivity index (χ3n) is 3.62. The summed E-state index contributed by atoms with van der Waals surface area (Å²) in [4.78, 5) is 14.6. The number of hydrogen-bond acceptors (Lipinski definition) is 3. The minimum atomic E-state index is 0.00509. The maximum atomic E-state index is 12.3. The smallest absolute Gasteiger partial charge is 0.253 e. The van der Waals surface area contributed by atoms with Crippen molar-refractivity contribution in [3.63, 3.8) is 0 Å². The minimum Gasteiger partial charge on any atom is -0.385 e. The fraction of sp³-hybridized carbons (Fsp3) is 0.588. The van der Waals surface area contributed by atoms with Crippen LogP contribution in [-0.2, 0) is 0 Å². The zero-order valence-corrected chi connectivity index (χ0v) is 13.8. The molecular formula is C17H29N3O. The van der Waals surface area contributed by atoms with Gasteiger partial charge in [0.1, 0.15) is 0 Å². The lowest BCUT2D eigenvalue weighted by molar-refractivity contribution is 0.0952. The number of anilines is 1. The predicted octanol–water partition coefficient (Wildman–Crippen LogP) is 2.89. The van der Waals surface area contributed by atoms with E-state index in [0.29, 0.717) is 0 Å². The summed E-state index contributed by atoms with van der Waals surface area (Å²) in [5.74, 6) is 0.00509. The van der Waals surface area contributed by atoms with E-state index < -0.39 is 0 Å². The quantitative estimate of drug-likeness (QED) is 0.688. The van der Waals surface area contributed by atoms with E-state index >= 15 is 0 Å². The molecule has 0 atom stereocenters. The number of amides is 1. The second-order valence-electron chi connectivity index (χ2n) is 5.22. The van der Waals surface area contributed by atoms with E-state index in [1.807, 2.05) is 32.0 Å². The third kappa shape index (κ3) is 5.76. The number of hydrogen-bond donors (Lipinski definition) is 2. The summed E-state index contributed by atoms with van der Waals surface area (Å²) in [5.41, 5.74) is 2.80. The Hall–Kier alpha value is -1.55. The van der Waals surface area contributed by atoms with Crippen LogP contribution >= 0.6 is 0 Å². The Morgan fingerprint density at radius 1 is 1.19 bits per heavy atom. The molecule has 0 saturated heterocycles. The van der Waals surface area contributed by atoms with E-state index in [1.165, 1.54) is 0 Å². The van der Waals surface area contributed by atoms with Gasteiger partial charge in [0.25, 0.3) is 5.91 Å². The molecule has 4 nitrogen and oxygen atoms in total. The maximum absolute atomic E-state index is 12.3. The Morgan fingerprint density at radius 3 is 2.52 bits per heavy atom. The Morgan fingerprint density at radius 2 is 1.90 bits per heavy atom. The Bertz CT molecular complexity index is 442. The topological polar surface area (TPSA) is 44.4 Å². The number of rotatable bonds is 9. The molecule has 0 bridgehead atoms. The van der Waals surface area contributed by atoms with Gasteiger partial charge in [-0.25, -0.2) is 0 Å². The van der Waals surface area contributed by atoms with Gasteiger partial charge in [-0.15, -0.1) is 0 Å². The van der Waals surface area contributed by atoms with Gasteiger partial charge in [0, 0.05) is 18.8 Å². The van der Waals surface area contributed by atoms with Crippen LogP contribution in [0.25, 0.3) is 0 Å². The van der Waals surface area contributed by atoms with Crippen LogP contribution in [0.5, 0.6) is 0 Å². The number of benzene rings is 1. The van der Waals surface area contributed by atoms with Gasteiger partial charge in [-0.2, -0.15) is 0 Å². The van der Waals surface area contributed by atoms with Gasteiger partial charge in [0.15, 0.2) is 0 Å². The number of nitrogens with zero attached hydrogens (tertiary/aromatic N) is 1. The molecule has 1 aromatic carbocycles. The maximum Gasteiger partial charge on any atom is 0.253 e. The Balaban J connectivity index is 2.52. The van der Waals surface area contributed by atoms with Crippen molar-refractivity contribution in [2.24, 2.45) is 0 Å². The molecule has 4 heteroatoms. The van der Waals surface area contributed by atoms with Gasteiger partial charge in [0.05, 0.1) is 5.56 Å². The van der Waals surface area contributed by atoms with E-state index in [-0.39, 0.29) is 5.91 Å². The van der Waals surface area contributed by atoms with Crippen molar-refractivity contribution in [3.8, 4) is 0 Å². The standard InChI is InChI=1S/C17H29N3O/c1-5-18-16-13-14(4)9-10-15(16)17(21)19-11-8-12-20(6-2)7-3/h9-10,13,18H,5-8,11-12H2,1-4H3,(H,19,21). The molecule has 2 N–H and O–H groups in total. The lowest BCUT2D eigenvalue weighted by atomic mass is 10.1. The first kappa shape index (κ1) is 17.5. The average Bonchev–Trinajstić information content (AvgIpc) is 2.47. The average molecular weight is 291 g/mol. The van der Waals surface area contributed by atoms with Crippen LogP contribution < -0.4 is 10.6 Å². The lowest BCUT2D eigenvalue weighted by Gasteiger charge is -2.18. The first-order valence-electron chi connectivity index (χ1n) is 7.97. The molecule has 0 radical (unpaired) electrons. The second kappa shape index (κ2) is 9.40. The van der Waals surface area contributed by atoms with E-state index in [9.17, 15) is 4.79 Å². The van der Waals surface area contributed by atoms with Crippen molar-refractivity contribution < 1.29 is 4.79 Å². The molecule has 0 aromatic heterocycles. The number of carbonyl (C=O) groups is 1. The van der Waals surface area contributed by atoms with Crippen LogP contribution in [0.2, 0.25) is 0 Å². The molecular weight excluding hydrogens is 262 g/mol. The molecule has 0 spiro atoms. The highest BCUT2D eigenvalue weighted by atomic mass is 16.1. The first-order chi connectivity index (χ1) is 10.1. The molecule has 0 fully saturated rings. The molecule has 0 heterocycles. The summed E-state index contributed by atoms with van der Waals surface area (Å²) in [5, 5.41) is 6.27. The zero-order valence-electron chi connectivity index (χ0n) is 13.8. The van der Waals surface area contributed by atoms with Crippen molar-refractivity contribution in [2.75, 3.05) is 38.0 Å². The molecule has 1 aromatic rings. The minimum absolute atomic E-state index is 0.00509. The monoisotopic (exact) mass is 291 g/mol. The van der Waals surface area contributed by atoms with E-state index in [1.54, 1.807) is 0 Å². The fourth-order valence-electron chi connectivity index (χ4n) is 2.33. The summed E-state index contributed by atoms with van der Waals surface area (Å²) in [6.07, 6.45) is 0.982. The number of nitrogens with one attached hydrogen (secondary N) is 2. The summed E-state index contributed by atoms with van der Waals surface area (Å²) >= 11 is 0. The van der Waals surface area contributed by atoms with Gasteiger partial charge in [-0.05, 0) is 57.6 Å². The molecule has 0 aliphatic carbocycles. The van der Waals surface area contributed by atoms with E-state index in [4.69, 9.17) is 0 Å². The Kier molecular flexibility index (Phi) is 7.83. The van der Waals surface area contributed by atoms with Gasteiger partial charge >= 0.3 is 0 Å². The zero-order chi connectivity index (χ0) is 15.7. The SMILES string of the molecule is CCNc1cc(C)ccc1C(=O)NCCCN(CC)CC. The van der Waals surface area contributed by atoms with E-state index in [2.05, 4.69) is 29.4 Å². The van der Waals surface area contributed by atoms with Crippen LogP contribution in [0, 0.1) is 6.92 Å². The Labute approximate surface area is 128 Å². The van der Waals surface area contributed by atoms with Gasteiger partial charge < -0.3 is 15.5 Å². The largest absolute Gasteiger partial charge is 0.385 e. The molecule has 118 valence electrons. The van der Waals surface area contributed by atoms with E-state index in [0.717, 1.165) is 56.0 Å². The van der Waals surface area contributed by atoms with Crippen LogP contribution in [-0.4, -0.2) is 43.5 Å². The van der Waals surface area contributed by atoms with Crippen LogP contribution in [0.1, 0.15) is 43.1 Å². The van der Waals surface area contributed by atoms with Crippen LogP contribution in [0.15, 0.2) is 18.2 Å². The fourth-order valence-corrected chi connectivity index (χ4v) is 2.33. The highest BCUT2D eigenvalue weighted by Gasteiger charge is 2.10. The number of aryl methyl sites for hydroxylation is 1. The van der Waals surface area contributed by atoms with Gasteiger partial charge in [-0.1, -0.05) is 19.9 Å². The highest BCUT2D eigenvalue weighted by molar-refractivity contribution is 5.99. The normalized spacial score (nSPS) is 10.7. The van der Waals surface area contributed by atoms with Crippen LogP contribution in [0.3, 0.4) is 0 Å². The third-order valence-corrected chi connectivity index (χ3v) is 3.62. The summed E-state index contributed by atoms with van der Waals surface area (Å²) in [7, 11) is 0. The number of carbonyl (C=O) groups excluding carboxylic acids is 1. The van der Waals surface area contributed by atoms with Gasteiger partial charge in [-0.3, -0.25) is 4.79 Å². The van der Waals surface area contributed by atoms with Gasteiger partial charge in [0.2, 0.25) is 0 Å². The lowest BCUT2D eigenvalue weighted by Crippen LogP contribution is -2.30.